The molecule has 0 aromatic carbocycles. The largest absolute Gasteiger partial charge is 0.369 e. The van der Waals surface area contributed by atoms with E-state index in [1.807, 2.05) is 0 Å². The highest BCUT2D eigenvalue weighted by Gasteiger charge is 2.23. The molecule has 0 aromatic rings. The number of piperidine rings is 1. The number of rotatable bonds is 10. The normalized spacial score (nSPS) is 21.8. The maximum Gasteiger partial charge on any atom is 0.221 e. The highest BCUT2D eigenvalue weighted by atomic mass is 127. The van der Waals surface area contributed by atoms with Gasteiger partial charge in [0.1, 0.15) is 0 Å². The maximum absolute atomic E-state index is 11.4. The molecule has 170 valence electrons. The Kier molecular flexibility index (Phi) is 14.7. The number of nitrogens with two attached hydrogens (primary N) is 1. The van der Waals surface area contributed by atoms with Gasteiger partial charge in [0.2, 0.25) is 5.91 Å². The molecule has 8 heteroatoms. The summed E-state index contributed by atoms with van der Waals surface area (Å²) in [5, 5.41) is 6.82. The van der Waals surface area contributed by atoms with Crippen molar-refractivity contribution in [2.75, 3.05) is 58.9 Å². The van der Waals surface area contributed by atoms with E-state index in [2.05, 4.69) is 27.4 Å². The van der Waals surface area contributed by atoms with Crippen molar-refractivity contribution in [1.29, 1.82) is 0 Å². The average Bonchev–Trinajstić information content (AvgIpc) is 2.97. The molecule has 2 aliphatic heterocycles. The van der Waals surface area contributed by atoms with Gasteiger partial charge in [-0.1, -0.05) is 12.8 Å². The summed E-state index contributed by atoms with van der Waals surface area (Å²) in [6.07, 6.45) is 9.68. The van der Waals surface area contributed by atoms with Crippen LogP contribution in [0.2, 0.25) is 0 Å². The summed E-state index contributed by atoms with van der Waals surface area (Å²) in [5.74, 6) is 0.800. The molecule has 2 rings (SSSR count). The molecule has 4 N–H and O–H groups in total. The van der Waals surface area contributed by atoms with Crippen LogP contribution >= 0.6 is 24.0 Å². The second kappa shape index (κ2) is 16.1. The third-order valence-electron chi connectivity index (χ3n) is 5.80. The summed E-state index contributed by atoms with van der Waals surface area (Å²) in [5.41, 5.74) is 5.46. The number of hydrogen-bond acceptors (Lipinski definition) is 4. The molecule has 7 nitrogen and oxygen atoms in total. The van der Waals surface area contributed by atoms with Gasteiger partial charge in [0, 0.05) is 26.2 Å². The van der Waals surface area contributed by atoms with Crippen molar-refractivity contribution < 1.29 is 4.79 Å². The van der Waals surface area contributed by atoms with E-state index in [1.165, 1.54) is 45.3 Å². The Labute approximate surface area is 194 Å². The van der Waals surface area contributed by atoms with Crippen LogP contribution in [0.15, 0.2) is 4.99 Å². The fourth-order valence-electron chi connectivity index (χ4n) is 4.19. The van der Waals surface area contributed by atoms with Crippen LogP contribution in [0.1, 0.15) is 58.3 Å². The van der Waals surface area contributed by atoms with Crippen LogP contribution in [0.4, 0.5) is 0 Å². The van der Waals surface area contributed by atoms with Gasteiger partial charge in [-0.3, -0.25) is 9.79 Å². The van der Waals surface area contributed by atoms with Gasteiger partial charge in [0.25, 0.3) is 0 Å². The zero-order valence-electron chi connectivity index (χ0n) is 18.3. The van der Waals surface area contributed by atoms with Gasteiger partial charge in [-0.25, -0.2) is 0 Å². The van der Waals surface area contributed by atoms with Gasteiger partial charge in [0.05, 0.1) is 5.92 Å². The minimum absolute atomic E-state index is 0. The zero-order valence-corrected chi connectivity index (χ0v) is 20.7. The van der Waals surface area contributed by atoms with Crippen molar-refractivity contribution >= 4 is 35.8 Å². The number of aliphatic imine (C=N–C) groups is 1. The molecule has 2 aliphatic rings. The quantitative estimate of drug-likeness (QED) is 0.177. The van der Waals surface area contributed by atoms with Crippen molar-refractivity contribution in [2.45, 2.75) is 58.3 Å². The van der Waals surface area contributed by atoms with E-state index in [1.54, 1.807) is 0 Å². The lowest BCUT2D eigenvalue weighted by molar-refractivity contribution is -0.123. The van der Waals surface area contributed by atoms with Crippen LogP contribution in [0.3, 0.4) is 0 Å². The van der Waals surface area contributed by atoms with Gasteiger partial charge < -0.3 is 26.2 Å². The molecule has 0 radical (unpaired) electrons. The molecule has 1 amide bonds. The van der Waals surface area contributed by atoms with Gasteiger partial charge in [-0.05, 0) is 78.2 Å². The van der Waals surface area contributed by atoms with E-state index in [0.717, 1.165) is 70.9 Å². The highest BCUT2D eigenvalue weighted by Crippen LogP contribution is 2.16. The molecule has 0 spiro atoms. The number of primary amides is 1. The summed E-state index contributed by atoms with van der Waals surface area (Å²) >= 11 is 0. The first kappa shape index (κ1) is 26.4. The molecule has 1 unspecified atom stereocenters. The minimum atomic E-state index is -0.151. The molecule has 0 saturated carbocycles. The topological polar surface area (TPSA) is 86.0 Å². The van der Waals surface area contributed by atoms with Crippen LogP contribution in [0.25, 0.3) is 0 Å². The average molecular weight is 523 g/mol. The van der Waals surface area contributed by atoms with Gasteiger partial charge >= 0.3 is 0 Å². The van der Waals surface area contributed by atoms with Crippen molar-refractivity contribution in [3.63, 3.8) is 0 Å². The number of hydrogen-bond donors (Lipinski definition) is 3. The first-order valence-corrected chi connectivity index (χ1v) is 11.4. The lowest BCUT2D eigenvalue weighted by Crippen LogP contribution is -2.41. The van der Waals surface area contributed by atoms with E-state index in [9.17, 15) is 4.79 Å². The Morgan fingerprint density at radius 3 is 2.38 bits per heavy atom. The van der Waals surface area contributed by atoms with Gasteiger partial charge in [-0.15, -0.1) is 24.0 Å². The number of likely N-dealkylation sites (tertiary alicyclic amines) is 2. The van der Waals surface area contributed by atoms with E-state index >= 15 is 0 Å². The SMILES string of the molecule is CCNC(=NCCCN1CCCC(C(N)=O)C1)NCCCN1CCCCCC1.I. The Morgan fingerprint density at radius 1 is 1.00 bits per heavy atom. The van der Waals surface area contributed by atoms with E-state index < -0.39 is 0 Å². The van der Waals surface area contributed by atoms with Crippen LogP contribution in [0, 0.1) is 5.92 Å². The summed E-state index contributed by atoms with van der Waals surface area (Å²) in [6.45, 7) is 11.3. The Balaban J connectivity index is 0.00000420. The molecule has 0 aromatic heterocycles. The second-order valence-corrected chi connectivity index (χ2v) is 8.19. The van der Waals surface area contributed by atoms with Crippen molar-refractivity contribution in [1.82, 2.24) is 20.4 Å². The monoisotopic (exact) mass is 522 g/mol. The number of carbonyl (C=O) groups excluding carboxylic acids is 1. The number of halogens is 1. The van der Waals surface area contributed by atoms with E-state index in [4.69, 9.17) is 10.7 Å². The van der Waals surface area contributed by atoms with E-state index in [0.29, 0.717) is 0 Å². The number of carbonyl (C=O) groups is 1. The fraction of sp³-hybridized carbons (Fsp3) is 0.905. The molecule has 0 bridgehead atoms. The lowest BCUT2D eigenvalue weighted by Gasteiger charge is -2.30. The van der Waals surface area contributed by atoms with Crippen molar-refractivity contribution in [3.05, 3.63) is 0 Å². The number of guanidine groups is 1. The van der Waals surface area contributed by atoms with Crippen LogP contribution in [-0.2, 0) is 4.79 Å². The van der Waals surface area contributed by atoms with Crippen LogP contribution < -0.4 is 16.4 Å². The lowest BCUT2D eigenvalue weighted by atomic mass is 9.97. The molecule has 0 aliphatic carbocycles. The first-order valence-electron chi connectivity index (χ1n) is 11.4. The number of nitrogens with zero attached hydrogens (tertiary/aromatic N) is 3. The summed E-state index contributed by atoms with van der Waals surface area (Å²) < 4.78 is 0. The predicted octanol–water partition coefficient (Wildman–Crippen LogP) is 2.01. The van der Waals surface area contributed by atoms with Gasteiger partial charge in [0.15, 0.2) is 5.96 Å². The summed E-state index contributed by atoms with van der Waals surface area (Å²) in [6, 6.07) is 0. The Morgan fingerprint density at radius 2 is 1.69 bits per heavy atom. The zero-order chi connectivity index (χ0) is 20.0. The van der Waals surface area contributed by atoms with Crippen molar-refractivity contribution in [3.8, 4) is 0 Å². The first-order chi connectivity index (χ1) is 13.7. The maximum atomic E-state index is 11.4. The molecular weight excluding hydrogens is 479 g/mol. The van der Waals surface area contributed by atoms with E-state index in [-0.39, 0.29) is 35.8 Å². The Hall–Kier alpha value is -0.610. The molecular formula is C21H43IN6O. The fourth-order valence-corrected chi connectivity index (χ4v) is 4.19. The predicted molar refractivity (Wildman–Crippen MR) is 132 cm³/mol. The highest BCUT2D eigenvalue weighted by molar-refractivity contribution is 14.0. The third kappa shape index (κ3) is 11.4. The van der Waals surface area contributed by atoms with Crippen LogP contribution in [-0.4, -0.2) is 80.6 Å². The second-order valence-electron chi connectivity index (χ2n) is 8.19. The van der Waals surface area contributed by atoms with Gasteiger partial charge in [-0.2, -0.15) is 0 Å². The van der Waals surface area contributed by atoms with Crippen LogP contribution in [0.5, 0.6) is 0 Å². The summed E-state index contributed by atoms with van der Waals surface area (Å²) in [4.78, 5) is 21.1. The molecule has 2 saturated heterocycles. The number of amides is 1. The minimum Gasteiger partial charge on any atom is -0.369 e. The molecule has 2 heterocycles. The molecule has 2 fully saturated rings. The summed E-state index contributed by atoms with van der Waals surface area (Å²) in [7, 11) is 0. The van der Waals surface area contributed by atoms with Crippen molar-refractivity contribution in [2.24, 2.45) is 16.6 Å². The standard InChI is InChI=1S/C21H42N6O.HI/c1-2-23-21(24-11-8-16-26-13-5-3-4-6-14-26)25-12-9-17-27-15-7-10-19(18-27)20(22)28;/h19H,2-18H2,1H3,(H2,22,28)(H2,23,24,25);1H. The third-order valence-corrected chi connectivity index (χ3v) is 5.80. The smallest absolute Gasteiger partial charge is 0.221 e. The number of nitrogens with one attached hydrogen (secondary N) is 2. The Bertz CT molecular complexity index is 468. The molecule has 1 atom stereocenters. The molecule has 29 heavy (non-hydrogen) atoms.